The van der Waals surface area contributed by atoms with Crippen LogP contribution in [0, 0.1) is 0 Å². The van der Waals surface area contributed by atoms with Crippen LogP contribution in [0.4, 0.5) is 0 Å². The van der Waals surface area contributed by atoms with Gasteiger partial charge in [-0.15, -0.1) is 0 Å². The average Bonchev–Trinajstić information content (AvgIpc) is 2.71. The lowest BCUT2D eigenvalue weighted by Gasteiger charge is -2.28. The van der Waals surface area contributed by atoms with Gasteiger partial charge in [-0.3, -0.25) is 0 Å². The molecule has 2 unspecified atom stereocenters. The van der Waals surface area contributed by atoms with Crippen LogP contribution in [-0.2, 0) is 4.74 Å². The largest absolute Gasteiger partial charge is 0.472 e. The minimum atomic E-state index is 0.00801. The first-order valence-corrected chi connectivity index (χ1v) is 4.68. The fraction of sp³-hybridized carbons (Fsp3) is 0.600. The average molecular weight is 182 g/mol. The molecule has 0 radical (unpaired) electrons. The molecule has 0 amide bonds. The van der Waals surface area contributed by atoms with Crippen LogP contribution in [0.2, 0.25) is 0 Å². The molecule has 0 saturated carbocycles. The lowest BCUT2D eigenvalue weighted by atomic mass is 10.0. The number of aliphatic hydroxyl groups excluding tert-OH is 1. The van der Waals surface area contributed by atoms with Crippen molar-refractivity contribution in [3.05, 3.63) is 24.2 Å². The Hall–Kier alpha value is -0.800. The number of aliphatic hydroxyl groups is 1. The highest BCUT2D eigenvalue weighted by atomic mass is 16.5. The first-order chi connectivity index (χ1) is 6.40. The van der Waals surface area contributed by atoms with Gasteiger partial charge in [-0.1, -0.05) is 0 Å². The summed E-state index contributed by atoms with van der Waals surface area (Å²) in [5.41, 5.74) is 1.08. The van der Waals surface area contributed by atoms with Gasteiger partial charge in [0.25, 0.3) is 0 Å². The molecule has 0 spiro atoms. The summed E-state index contributed by atoms with van der Waals surface area (Å²) >= 11 is 0. The maximum absolute atomic E-state index is 8.96. The number of hydrogen-bond acceptors (Lipinski definition) is 3. The molecule has 1 N–H and O–H groups in total. The second kappa shape index (κ2) is 3.94. The van der Waals surface area contributed by atoms with E-state index >= 15 is 0 Å². The molecule has 1 aromatic heterocycles. The van der Waals surface area contributed by atoms with Crippen molar-refractivity contribution in [2.24, 2.45) is 0 Å². The lowest BCUT2D eigenvalue weighted by molar-refractivity contribution is -0.0738. The molecule has 1 fully saturated rings. The summed E-state index contributed by atoms with van der Waals surface area (Å²) < 4.78 is 10.7. The minimum Gasteiger partial charge on any atom is -0.472 e. The summed E-state index contributed by atoms with van der Waals surface area (Å²) in [5.74, 6) is 0. The van der Waals surface area contributed by atoms with Crippen molar-refractivity contribution in [2.75, 3.05) is 6.61 Å². The van der Waals surface area contributed by atoms with Crippen molar-refractivity contribution >= 4 is 0 Å². The summed E-state index contributed by atoms with van der Waals surface area (Å²) in [6.07, 6.45) is 6.59. The van der Waals surface area contributed by atoms with E-state index in [1.165, 1.54) is 0 Å². The van der Waals surface area contributed by atoms with Crippen molar-refractivity contribution in [2.45, 2.75) is 31.5 Å². The van der Waals surface area contributed by atoms with Crippen LogP contribution < -0.4 is 0 Å². The second-order valence-corrected chi connectivity index (χ2v) is 3.42. The fourth-order valence-electron chi connectivity index (χ4n) is 1.74. The van der Waals surface area contributed by atoms with E-state index in [4.69, 9.17) is 14.3 Å². The minimum absolute atomic E-state index is 0.00801. The smallest absolute Gasteiger partial charge is 0.0960 e. The van der Waals surface area contributed by atoms with Crippen LogP contribution >= 0.6 is 0 Å². The van der Waals surface area contributed by atoms with Crippen molar-refractivity contribution in [1.29, 1.82) is 0 Å². The van der Waals surface area contributed by atoms with Gasteiger partial charge in [0.15, 0.2) is 0 Å². The third-order valence-corrected chi connectivity index (χ3v) is 2.47. The first kappa shape index (κ1) is 8.78. The van der Waals surface area contributed by atoms with Gasteiger partial charge in [0.2, 0.25) is 0 Å². The molecule has 72 valence electrons. The van der Waals surface area contributed by atoms with Gasteiger partial charge in [-0.05, 0) is 25.3 Å². The molecule has 2 heterocycles. The van der Waals surface area contributed by atoms with Crippen molar-refractivity contribution in [3.63, 3.8) is 0 Å². The van der Waals surface area contributed by atoms with E-state index in [2.05, 4.69) is 0 Å². The van der Waals surface area contributed by atoms with E-state index in [0.717, 1.165) is 24.8 Å². The highest BCUT2D eigenvalue weighted by molar-refractivity contribution is 5.10. The number of rotatable bonds is 2. The fourth-order valence-corrected chi connectivity index (χ4v) is 1.74. The molecule has 0 bridgehead atoms. The Morgan fingerprint density at radius 3 is 3.08 bits per heavy atom. The molecule has 0 aromatic carbocycles. The molecule has 3 nitrogen and oxygen atoms in total. The molecular formula is C10H14O3. The van der Waals surface area contributed by atoms with Gasteiger partial charge in [-0.25, -0.2) is 0 Å². The summed E-state index contributed by atoms with van der Waals surface area (Å²) in [7, 11) is 0. The highest BCUT2D eigenvalue weighted by Crippen LogP contribution is 2.30. The number of hydrogen-bond donors (Lipinski definition) is 1. The zero-order valence-electron chi connectivity index (χ0n) is 7.48. The standard InChI is InChI=1S/C10H14O3/c11-6-9-2-1-3-10(13-9)8-4-5-12-7-8/h4-5,7,9-11H,1-3,6H2. The predicted molar refractivity (Wildman–Crippen MR) is 47.3 cm³/mol. The van der Waals surface area contributed by atoms with E-state index in [1.54, 1.807) is 12.5 Å². The van der Waals surface area contributed by atoms with Crippen LogP contribution in [0.25, 0.3) is 0 Å². The Kier molecular flexibility index (Phi) is 2.66. The van der Waals surface area contributed by atoms with E-state index in [-0.39, 0.29) is 18.8 Å². The van der Waals surface area contributed by atoms with Crippen LogP contribution in [0.1, 0.15) is 30.9 Å². The molecular weight excluding hydrogens is 168 g/mol. The third kappa shape index (κ3) is 1.92. The van der Waals surface area contributed by atoms with Crippen molar-refractivity contribution < 1.29 is 14.3 Å². The Labute approximate surface area is 77.3 Å². The summed E-state index contributed by atoms with van der Waals surface area (Å²) in [6, 6.07) is 1.92. The molecule has 13 heavy (non-hydrogen) atoms. The maximum atomic E-state index is 8.96. The van der Waals surface area contributed by atoms with Crippen LogP contribution in [-0.4, -0.2) is 17.8 Å². The molecule has 1 aliphatic heterocycles. The van der Waals surface area contributed by atoms with E-state index < -0.39 is 0 Å². The Bertz CT molecular complexity index is 243. The molecule has 1 aromatic rings. The van der Waals surface area contributed by atoms with Crippen LogP contribution in [0.5, 0.6) is 0 Å². The van der Waals surface area contributed by atoms with E-state index in [0.29, 0.717) is 0 Å². The first-order valence-electron chi connectivity index (χ1n) is 4.68. The summed E-state index contributed by atoms with van der Waals surface area (Å²) in [5, 5.41) is 8.96. The predicted octanol–water partition coefficient (Wildman–Crippen LogP) is 1.88. The molecule has 0 aliphatic carbocycles. The number of furan rings is 1. The van der Waals surface area contributed by atoms with Crippen molar-refractivity contribution in [3.8, 4) is 0 Å². The monoisotopic (exact) mass is 182 g/mol. The quantitative estimate of drug-likeness (QED) is 0.759. The topological polar surface area (TPSA) is 42.6 Å². The van der Waals surface area contributed by atoms with Crippen LogP contribution in [0.3, 0.4) is 0 Å². The van der Waals surface area contributed by atoms with E-state index in [9.17, 15) is 0 Å². The lowest BCUT2D eigenvalue weighted by Crippen LogP contribution is -2.25. The van der Waals surface area contributed by atoms with Gasteiger partial charge < -0.3 is 14.3 Å². The molecule has 3 heteroatoms. The molecule has 1 aliphatic rings. The molecule has 1 saturated heterocycles. The summed E-state index contributed by atoms with van der Waals surface area (Å²) in [4.78, 5) is 0. The van der Waals surface area contributed by atoms with E-state index in [1.807, 2.05) is 6.07 Å². The zero-order valence-corrected chi connectivity index (χ0v) is 7.48. The van der Waals surface area contributed by atoms with Crippen LogP contribution in [0.15, 0.2) is 23.0 Å². The van der Waals surface area contributed by atoms with Gasteiger partial charge in [0.05, 0.1) is 31.3 Å². The SMILES string of the molecule is OCC1CCCC(c2ccoc2)O1. The maximum Gasteiger partial charge on any atom is 0.0960 e. The third-order valence-electron chi connectivity index (χ3n) is 2.47. The van der Waals surface area contributed by atoms with Gasteiger partial charge in [0, 0.05) is 5.56 Å². The highest BCUT2D eigenvalue weighted by Gasteiger charge is 2.23. The van der Waals surface area contributed by atoms with Gasteiger partial charge in [-0.2, -0.15) is 0 Å². The number of ether oxygens (including phenoxy) is 1. The summed E-state index contributed by atoms with van der Waals surface area (Å²) in [6.45, 7) is 0.119. The van der Waals surface area contributed by atoms with Gasteiger partial charge in [0.1, 0.15) is 0 Å². The normalized spacial score (nSPS) is 29.0. The Morgan fingerprint density at radius 2 is 2.38 bits per heavy atom. The molecule has 2 rings (SSSR count). The van der Waals surface area contributed by atoms with Crippen molar-refractivity contribution in [1.82, 2.24) is 0 Å². The second-order valence-electron chi connectivity index (χ2n) is 3.42. The zero-order chi connectivity index (χ0) is 9.10. The Balaban J connectivity index is 2.00. The molecule has 2 atom stereocenters. The van der Waals surface area contributed by atoms with Gasteiger partial charge >= 0.3 is 0 Å². The Morgan fingerprint density at radius 1 is 1.46 bits per heavy atom.